The van der Waals surface area contributed by atoms with Crippen molar-refractivity contribution in [3.05, 3.63) is 18.0 Å². The number of aliphatic hydroxyl groups excluding tert-OH is 4. The zero-order chi connectivity index (χ0) is 13.2. The van der Waals surface area contributed by atoms with Crippen molar-refractivity contribution in [2.75, 3.05) is 6.54 Å². The molecule has 8 heteroatoms. The average Bonchev–Trinajstić information content (AvgIpc) is 2.33. The van der Waals surface area contributed by atoms with Crippen LogP contribution in [-0.2, 0) is 9.53 Å². The van der Waals surface area contributed by atoms with E-state index in [9.17, 15) is 30.4 Å². The molecule has 1 saturated heterocycles. The second kappa shape index (κ2) is 5.08. The third-order valence-corrected chi connectivity index (χ3v) is 2.61. The van der Waals surface area contributed by atoms with Gasteiger partial charge in [-0.05, 0) is 6.20 Å². The van der Waals surface area contributed by atoms with E-state index in [1.807, 2.05) is 0 Å². The Morgan fingerprint density at radius 1 is 1.35 bits per heavy atom. The number of nitrogens with zero attached hydrogens (tertiary/aromatic N) is 1. The van der Waals surface area contributed by atoms with E-state index in [2.05, 4.69) is 6.58 Å². The summed E-state index contributed by atoms with van der Waals surface area (Å²) in [6, 6.07) is 0. The van der Waals surface area contributed by atoms with E-state index in [0.29, 0.717) is 0 Å². The van der Waals surface area contributed by atoms with Crippen LogP contribution in [0.1, 0.15) is 0 Å². The van der Waals surface area contributed by atoms with Gasteiger partial charge in [0.1, 0.15) is 18.3 Å². The Morgan fingerprint density at radius 3 is 2.41 bits per heavy atom. The fourth-order valence-corrected chi connectivity index (χ4v) is 1.58. The number of carbonyl (C=O) groups excluding carboxylic acids is 1. The Morgan fingerprint density at radius 2 is 1.94 bits per heavy atom. The summed E-state index contributed by atoms with van der Waals surface area (Å²) in [5.41, 5.74) is -2.12. The molecule has 5 atom stereocenters. The lowest BCUT2D eigenvalue weighted by molar-refractivity contribution is -0.307. The first-order chi connectivity index (χ1) is 7.88. The molecule has 1 rings (SSSR count). The summed E-state index contributed by atoms with van der Waals surface area (Å²) in [5.74, 6) is 0. The lowest BCUT2D eigenvalue weighted by Gasteiger charge is -2.47. The lowest BCUT2D eigenvalue weighted by Crippen LogP contribution is -2.67. The largest absolute Gasteiger partial charge is 0.759 e. The predicted molar refractivity (Wildman–Crippen MR) is 54.2 cm³/mol. The number of rotatable bonds is 4. The molecule has 4 N–H and O–H groups in total. The molecule has 0 aliphatic carbocycles. The van der Waals surface area contributed by atoms with Gasteiger partial charge in [-0.3, -0.25) is 4.79 Å². The number of aldehydes is 1. The number of ether oxygens (including phenoxy) is 1. The monoisotopic (exact) mass is 248 g/mol. The van der Waals surface area contributed by atoms with Crippen LogP contribution in [0.25, 0.3) is 0 Å². The molecule has 0 aromatic carbocycles. The quantitative estimate of drug-likeness (QED) is 0.312. The van der Waals surface area contributed by atoms with Gasteiger partial charge in [-0.1, -0.05) is 6.58 Å². The van der Waals surface area contributed by atoms with Crippen molar-refractivity contribution in [1.82, 2.24) is 5.06 Å². The van der Waals surface area contributed by atoms with Crippen LogP contribution in [0.2, 0.25) is 0 Å². The predicted octanol–water partition coefficient (Wildman–Crippen LogP) is -2.70. The number of aliphatic hydroxyl groups is 4. The van der Waals surface area contributed by atoms with Crippen molar-refractivity contribution in [3.63, 3.8) is 0 Å². The Balaban J connectivity index is 2.97. The standard InChI is InChI=1S/C9H14NO7/c1-2-10(16)3-9(4-11)7(14)5(12)6(13)8(15)17-9/h2,4-8,12-15H,1,3H2/q-1/t5?,6?,7-,8-,9?/m0/s1. The molecule has 3 unspecified atom stereocenters. The molecule has 8 nitrogen and oxygen atoms in total. The minimum atomic E-state index is -2.12. The highest BCUT2D eigenvalue weighted by Crippen LogP contribution is 2.28. The molecule has 0 bridgehead atoms. The average molecular weight is 248 g/mol. The van der Waals surface area contributed by atoms with Crippen molar-refractivity contribution in [2.45, 2.75) is 30.2 Å². The lowest BCUT2D eigenvalue weighted by atomic mass is 9.87. The molecule has 1 aliphatic heterocycles. The highest BCUT2D eigenvalue weighted by Gasteiger charge is 2.53. The van der Waals surface area contributed by atoms with Gasteiger partial charge >= 0.3 is 0 Å². The van der Waals surface area contributed by atoms with Crippen LogP contribution in [0.15, 0.2) is 12.8 Å². The van der Waals surface area contributed by atoms with Gasteiger partial charge in [0.15, 0.2) is 18.2 Å². The number of hydrogen-bond acceptors (Lipinski definition) is 8. The van der Waals surface area contributed by atoms with Gasteiger partial charge < -0.3 is 35.4 Å². The maximum atomic E-state index is 11.1. The normalized spacial score (nSPS) is 41.9. The number of hydroxylamine groups is 2. The first-order valence-corrected chi connectivity index (χ1v) is 4.80. The Labute approximate surface area is 96.9 Å². The van der Waals surface area contributed by atoms with Gasteiger partial charge in [0.05, 0.1) is 0 Å². The fraction of sp³-hybridized carbons (Fsp3) is 0.667. The summed E-state index contributed by atoms with van der Waals surface area (Å²) in [4.78, 5) is 11.0. The maximum Gasteiger partial charge on any atom is 0.184 e. The summed E-state index contributed by atoms with van der Waals surface area (Å²) in [6.45, 7) is 2.49. The topological polar surface area (TPSA) is 134 Å². The Bertz CT molecular complexity index is 299. The minimum Gasteiger partial charge on any atom is -0.759 e. The zero-order valence-corrected chi connectivity index (χ0v) is 8.84. The van der Waals surface area contributed by atoms with E-state index in [4.69, 9.17) is 4.74 Å². The molecule has 1 heterocycles. The summed E-state index contributed by atoms with van der Waals surface area (Å²) in [7, 11) is 0. The van der Waals surface area contributed by atoms with Crippen LogP contribution < -0.4 is 0 Å². The molecule has 0 spiro atoms. The van der Waals surface area contributed by atoms with E-state index in [0.717, 1.165) is 6.20 Å². The minimum absolute atomic E-state index is 0.102. The summed E-state index contributed by atoms with van der Waals surface area (Å²) in [5, 5.41) is 48.9. The molecule has 0 amide bonds. The van der Waals surface area contributed by atoms with Gasteiger partial charge in [-0.2, -0.15) is 0 Å². The number of hydrogen-bond donors (Lipinski definition) is 4. The molecule has 0 aromatic heterocycles. The molecular formula is C9H14NO7-. The first kappa shape index (κ1) is 14.0. The second-order valence-corrected chi connectivity index (χ2v) is 3.77. The maximum absolute atomic E-state index is 11.1. The zero-order valence-electron chi connectivity index (χ0n) is 8.84. The molecule has 1 fully saturated rings. The number of carbonyl (C=O) groups is 1. The molecule has 17 heavy (non-hydrogen) atoms. The van der Waals surface area contributed by atoms with Crippen molar-refractivity contribution in [3.8, 4) is 0 Å². The molecular weight excluding hydrogens is 234 g/mol. The smallest absolute Gasteiger partial charge is 0.184 e. The van der Waals surface area contributed by atoms with E-state index in [1.165, 1.54) is 0 Å². The highest BCUT2D eigenvalue weighted by atomic mass is 16.6. The van der Waals surface area contributed by atoms with E-state index >= 15 is 0 Å². The van der Waals surface area contributed by atoms with Crippen LogP contribution in [0, 0.1) is 5.21 Å². The molecule has 0 saturated carbocycles. The van der Waals surface area contributed by atoms with Crippen LogP contribution in [0.4, 0.5) is 0 Å². The SMILES string of the molecule is C=CN([O-])CC1(C=O)O[C@H](O)C(O)C(O)[C@@H]1O. The van der Waals surface area contributed by atoms with E-state index < -0.39 is 36.7 Å². The van der Waals surface area contributed by atoms with Gasteiger partial charge in [-0.25, -0.2) is 0 Å². The van der Waals surface area contributed by atoms with E-state index in [1.54, 1.807) is 0 Å². The molecule has 1 aliphatic rings. The fourth-order valence-electron chi connectivity index (χ4n) is 1.58. The van der Waals surface area contributed by atoms with Crippen LogP contribution >= 0.6 is 0 Å². The Hall–Kier alpha value is -1.03. The molecule has 0 radical (unpaired) electrons. The van der Waals surface area contributed by atoms with Gasteiger partial charge in [-0.15, -0.1) is 0 Å². The van der Waals surface area contributed by atoms with Crippen molar-refractivity contribution < 1.29 is 30.0 Å². The van der Waals surface area contributed by atoms with E-state index in [-0.39, 0.29) is 11.3 Å². The van der Waals surface area contributed by atoms with Gasteiger partial charge in [0.2, 0.25) is 0 Å². The van der Waals surface area contributed by atoms with Crippen molar-refractivity contribution in [2.24, 2.45) is 0 Å². The van der Waals surface area contributed by atoms with Crippen molar-refractivity contribution in [1.29, 1.82) is 0 Å². The third-order valence-electron chi connectivity index (χ3n) is 2.61. The van der Waals surface area contributed by atoms with Crippen molar-refractivity contribution >= 4 is 6.29 Å². The molecule has 98 valence electrons. The first-order valence-electron chi connectivity index (χ1n) is 4.80. The summed E-state index contributed by atoms with van der Waals surface area (Å²) in [6.07, 6.45) is -6.34. The highest BCUT2D eigenvalue weighted by molar-refractivity contribution is 5.65. The summed E-state index contributed by atoms with van der Waals surface area (Å²) >= 11 is 0. The van der Waals surface area contributed by atoms with Crippen LogP contribution in [-0.4, -0.2) is 68.5 Å². The Kier molecular flexibility index (Phi) is 4.20. The van der Waals surface area contributed by atoms with Crippen LogP contribution in [0.5, 0.6) is 0 Å². The third kappa shape index (κ3) is 2.46. The van der Waals surface area contributed by atoms with Gasteiger partial charge in [0, 0.05) is 6.54 Å². The van der Waals surface area contributed by atoms with Crippen LogP contribution in [0.3, 0.4) is 0 Å². The molecule has 0 aromatic rings. The second-order valence-electron chi connectivity index (χ2n) is 3.77. The van der Waals surface area contributed by atoms with Gasteiger partial charge in [0.25, 0.3) is 0 Å². The summed E-state index contributed by atoms with van der Waals surface area (Å²) < 4.78 is 4.73.